The molecule has 1 atom stereocenters. The molecule has 0 saturated heterocycles. The van der Waals surface area contributed by atoms with E-state index < -0.39 is 15.3 Å². The number of rotatable bonds is 6. The number of sulfonamides is 1. The van der Waals surface area contributed by atoms with Gasteiger partial charge < -0.3 is 9.88 Å². The van der Waals surface area contributed by atoms with Crippen molar-refractivity contribution in [1.29, 1.82) is 0 Å². The zero-order chi connectivity index (χ0) is 21.2. The Labute approximate surface area is 177 Å². The lowest BCUT2D eigenvalue weighted by Crippen LogP contribution is -2.23. The van der Waals surface area contributed by atoms with Gasteiger partial charge in [0.05, 0.1) is 10.1 Å². The summed E-state index contributed by atoms with van der Waals surface area (Å²) in [5.41, 5.74) is 1.20. The molecule has 0 saturated carbocycles. The summed E-state index contributed by atoms with van der Waals surface area (Å²) in [6.07, 6.45) is 0. The van der Waals surface area contributed by atoms with Crippen LogP contribution in [-0.2, 0) is 21.9 Å². The van der Waals surface area contributed by atoms with E-state index in [1.54, 1.807) is 29.7 Å². The van der Waals surface area contributed by atoms with Crippen molar-refractivity contribution in [1.82, 2.24) is 14.8 Å². The molecule has 152 valence electrons. The molecule has 1 unspecified atom stereocenters. The van der Waals surface area contributed by atoms with Crippen molar-refractivity contribution < 1.29 is 13.2 Å². The molecule has 0 aliphatic heterocycles. The Morgan fingerprint density at radius 1 is 1.21 bits per heavy atom. The molecule has 0 aliphatic rings. The van der Waals surface area contributed by atoms with E-state index in [9.17, 15) is 13.2 Å². The monoisotopic (exact) mass is 451 g/mol. The molecule has 11 heteroatoms. The number of thioether (sulfide) groups is 1. The molecule has 3 rings (SSSR count). The summed E-state index contributed by atoms with van der Waals surface area (Å²) in [5, 5.41) is 16.8. The number of amides is 1. The summed E-state index contributed by atoms with van der Waals surface area (Å²) in [6.45, 7) is 1.72. The highest BCUT2D eigenvalue weighted by Gasteiger charge is 2.20. The number of primary sulfonamides is 1. The van der Waals surface area contributed by atoms with Crippen molar-refractivity contribution in [2.45, 2.75) is 22.2 Å². The summed E-state index contributed by atoms with van der Waals surface area (Å²) in [5.74, 6) is 0.343. The number of aromatic nitrogens is 3. The van der Waals surface area contributed by atoms with Crippen molar-refractivity contribution in [3.8, 4) is 11.4 Å². The number of carbonyl (C=O) groups excluding carboxylic acids is 1. The predicted octanol–water partition coefficient (Wildman–Crippen LogP) is 2.90. The number of hydrogen-bond acceptors (Lipinski definition) is 6. The molecular formula is C18H18ClN5O3S2. The number of nitrogens with two attached hydrogens (primary N) is 1. The minimum absolute atomic E-state index is 0.0727. The summed E-state index contributed by atoms with van der Waals surface area (Å²) < 4.78 is 24.7. The van der Waals surface area contributed by atoms with Crippen LogP contribution < -0.4 is 10.5 Å². The third-order valence-electron chi connectivity index (χ3n) is 4.02. The quantitative estimate of drug-likeness (QED) is 0.556. The Balaban J connectivity index is 1.71. The molecule has 8 nitrogen and oxygen atoms in total. The van der Waals surface area contributed by atoms with Gasteiger partial charge in [0.25, 0.3) is 0 Å². The second-order valence-electron chi connectivity index (χ2n) is 6.19. The van der Waals surface area contributed by atoms with Gasteiger partial charge in [-0.3, -0.25) is 4.79 Å². The summed E-state index contributed by atoms with van der Waals surface area (Å²) >= 11 is 7.15. The lowest BCUT2D eigenvalue weighted by Gasteiger charge is -2.12. The first-order valence-electron chi connectivity index (χ1n) is 8.41. The van der Waals surface area contributed by atoms with Crippen LogP contribution in [0.5, 0.6) is 0 Å². The zero-order valence-electron chi connectivity index (χ0n) is 15.5. The molecule has 3 aromatic rings. The number of anilines is 1. The molecule has 0 bridgehead atoms. The summed E-state index contributed by atoms with van der Waals surface area (Å²) in [6, 6.07) is 13.0. The molecule has 1 aromatic heterocycles. The summed E-state index contributed by atoms with van der Waals surface area (Å²) in [4.78, 5) is 12.4. The van der Waals surface area contributed by atoms with Gasteiger partial charge in [-0.25, -0.2) is 13.6 Å². The molecule has 0 fully saturated rings. The van der Waals surface area contributed by atoms with Crippen molar-refractivity contribution in [3.05, 3.63) is 53.6 Å². The van der Waals surface area contributed by atoms with Crippen LogP contribution in [0.2, 0.25) is 5.02 Å². The van der Waals surface area contributed by atoms with Crippen LogP contribution in [0.25, 0.3) is 11.4 Å². The number of nitrogens with one attached hydrogen (secondary N) is 1. The molecule has 2 aromatic carbocycles. The Hall–Kier alpha value is -2.40. The first-order valence-corrected chi connectivity index (χ1v) is 11.2. The number of nitrogens with zero attached hydrogens (tertiary/aromatic N) is 3. The zero-order valence-corrected chi connectivity index (χ0v) is 17.9. The van der Waals surface area contributed by atoms with Gasteiger partial charge >= 0.3 is 0 Å². The van der Waals surface area contributed by atoms with Crippen LogP contribution in [0.1, 0.15) is 6.92 Å². The standard InChI is InChI=1S/C18H18ClN5O3S2/c1-11(17(25)21-14-4-3-5-15(10-14)29(20,26)27)28-18-23-22-16(24(18)2)12-6-8-13(19)9-7-12/h3-11H,1-2H3,(H,21,25)(H2,20,26,27). The normalized spacial score (nSPS) is 12.6. The van der Waals surface area contributed by atoms with E-state index in [0.717, 1.165) is 5.56 Å². The highest BCUT2D eigenvalue weighted by Crippen LogP contribution is 2.27. The van der Waals surface area contributed by atoms with E-state index >= 15 is 0 Å². The van der Waals surface area contributed by atoms with Crippen molar-refractivity contribution in [2.75, 3.05) is 5.32 Å². The lowest BCUT2D eigenvalue weighted by atomic mass is 10.2. The molecular weight excluding hydrogens is 434 g/mol. The van der Waals surface area contributed by atoms with E-state index in [0.29, 0.717) is 21.7 Å². The van der Waals surface area contributed by atoms with Gasteiger partial charge in [-0.05, 0) is 49.4 Å². The Kier molecular flexibility index (Phi) is 6.27. The average Bonchev–Trinajstić information content (AvgIpc) is 3.02. The number of hydrogen-bond donors (Lipinski definition) is 2. The van der Waals surface area contributed by atoms with Gasteiger partial charge in [-0.15, -0.1) is 10.2 Å². The fraction of sp³-hybridized carbons (Fsp3) is 0.167. The fourth-order valence-corrected chi connectivity index (χ4v) is 3.97. The van der Waals surface area contributed by atoms with Crippen LogP contribution in [0.15, 0.2) is 58.6 Å². The second-order valence-corrected chi connectivity index (χ2v) is 9.50. The van der Waals surface area contributed by atoms with Crippen molar-refractivity contribution >= 4 is 45.0 Å². The van der Waals surface area contributed by atoms with Crippen LogP contribution in [0.4, 0.5) is 5.69 Å². The van der Waals surface area contributed by atoms with Gasteiger partial charge in [0.15, 0.2) is 11.0 Å². The van der Waals surface area contributed by atoms with Gasteiger partial charge in [0, 0.05) is 23.3 Å². The maximum absolute atomic E-state index is 12.5. The molecule has 1 heterocycles. The number of halogens is 1. The van der Waals surface area contributed by atoms with E-state index in [1.807, 2.05) is 19.2 Å². The summed E-state index contributed by atoms with van der Waals surface area (Å²) in [7, 11) is -2.04. The fourth-order valence-electron chi connectivity index (χ4n) is 2.47. The maximum atomic E-state index is 12.5. The second kappa shape index (κ2) is 8.54. The van der Waals surface area contributed by atoms with Crippen molar-refractivity contribution in [3.63, 3.8) is 0 Å². The van der Waals surface area contributed by atoms with Crippen LogP contribution in [-0.4, -0.2) is 34.3 Å². The average molecular weight is 452 g/mol. The van der Waals surface area contributed by atoms with E-state index in [4.69, 9.17) is 16.7 Å². The van der Waals surface area contributed by atoms with Crippen molar-refractivity contribution in [2.24, 2.45) is 12.2 Å². The minimum Gasteiger partial charge on any atom is -0.325 e. The highest BCUT2D eigenvalue weighted by molar-refractivity contribution is 8.00. The molecule has 0 radical (unpaired) electrons. The molecule has 0 spiro atoms. The third-order valence-corrected chi connectivity index (χ3v) is 6.32. The first-order chi connectivity index (χ1) is 13.6. The Morgan fingerprint density at radius 2 is 1.90 bits per heavy atom. The first kappa shape index (κ1) is 21.3. The van der Waals surface area contributed by atoms with Gasteiger partial charge in [-0.1, -0.05) is 29.4 Å². The highest BCUT2D eigenvalue weighted by atomic mass is 35.5. The molecule has 29 heavy (non-hydrogen) atoms. The van der Waals surface area contributed by atoms with Gasteiger partial charge in [0.1, 0.15) is 0 Å². The maximum Gasteiger partial charge on any atom is 0.238 e. The number of benzene rings is 2. The smallest absolute Gasteiger partial charge is 0.238 e. The Bertz CT molecular complexity index is 1150. The SMILES string of the molecule is CC(Sc1nnc(-c2ccc(Cl)cc2)n1C)C(=O)Nc1cccc(S(N)(=O)=O)c1. The minimum atomic E-state index is -3.85. The van der Waals surface area contributed by atoms with E-state index in [1.165, 1.54) is 30.0 Å². The number of carbonyl (C=O) groups is 1. The van der Waals surface area contributed by atoms with Gasteiger partial charge in [0.2, 0.25) is 15.9 Å². The van der Waals surface area contributed by atoms with Crippen LogP contribution >= 0.6 is 23.4 Å². The molecule has 3 N–H and O–H groups in total. The van der Waals surface area contributed by atoms with Crippen LogP contribution in [0, 0.1) is 0 Å². The van der Waals surface area contributed by atoms with E-state index in [-0.39, 0.29) is 10.8 Å². The van der Waals surface area contributed by atoms with Crippen LogP contribution in [0.3, 0.4) is 0 Å². The topological polar surface area (TPSA) is 120 Å². The Morgan fingerprint density at radius 3 is 2.55 bits per heavy atom. The third kappa shape index (κ3) is 5.15. The predicted molar refractivity (Wildman–Crippen MR) is 113 cm³/mol. The lowest BCUT2D eigenvalue weighted by molar-refractivity contribution is -0.115. The largest absolute Gasteiger partial charge is 0.325 e. The molecule has 0 aliphatic carbocycles. The van der Waals surface area contributed by atoms with Gasteiger partial charge in [-0.2, -0.15) is 0 Å². The molecule has 1 amide bonds. The van der Waals surface area contributed by atoms with E-state index in [2.05, 4.69) is 15.5 Å².